The summed E-state index contributed by atoms with van der Waals surface area (Å²) in [7, 11) is -0.576. The first-order chi connectivity index (χ1) is 18.4. The number of thioether (sulfide) groups is 1. The topological polar surface area (TPSA) is 115 Å². The van der Waals surface area contributed by atoms with Crippen molar-refractivity contribution in [1.82, 2.24) is 20.1 Å². The number of hydrogen-bond donors (Lipinski definition) is 1. The van der Waals surface area contributed by atoms with Crippen molar-refractivity contribution in [3.63, 3.8) is 0 Å². The van der Waals surface area contributed by atoms with Gasteiger partial charge in [-0.25, -0.2) is 9.78 Å². The summed E-state index contributed by atoms with van der Waals surface area (Å²) in [5, 5.41) is 7.98. The molecule has 0 saturated heterocycles. The quantitative estimate of drug-likeness (QED) is 0.145. The van der Waals surface area contributed by atoms with Crippen LogP contribution in [0.1, 0.15) is 33.6 Å². The van der Waals surface area contributed by atoms with Gasteiger partial charge in [-0.1, -0.05) is 42.1 Å². The fourth-order valence-corrected chi connectivity index (χ4v) is 9.21. The molecule has 0 spiro atoms. The highest BCUT2D eigenvalue weighted by molar-refractivity contribution is 7.99. The molecule has 0 aliphatic rings. The molecule has 14 heteroatoms. The zero-order chi connectivity index (χ0) is 27.9. The molecule has 0 fully saturated rings. The highest BCUT2D eigenvalue weighted by Gasteiger charge is 2.39. The third-order valence-corrected chi connectivity index (χ3v) is 12.5. The second-order valence-electron chi connectivity index (χ2n) is 8.06. The maximum Gasteiger partial charge on any atom is 0.500 e. The van der Waals surface area contributed by atoms with Gasteiger partial charge >= 0.3 is 23.6 Å². The molecule has 0 unspecified atom stereocenters. The Morgan fingerprint density at radius 1 is 0.895 bits per heavy atom. The molecule has 0 atom stereocenters. The predicted molar refractivity (Wildman–Crippen MR) is 151 cm³/mol. The third kappa shape index (κ3) is 9.53. The molecule has 1 N–H and O–H groups in total. The van der Waals surface area contributed by atoms with E-state index in [2.05, 4.69) is 15.4 Å². The lowest BCUT2D eigenvalue weighted by Crippen LogP contribution is -2.46. The summed E-state index contributed by atoms with van der Waals surface area (Å²) >= 11 is 1.48. The minimum atomic E-state index is -2.76. The molecule has 0 bridgehead atoms. The van der Waals surface area contributed by atoms with Crippen LogP contribution in [0.2, 0.25) is 12.1 Å². The van der Waals surface area contributed by atoms with Gasteiger partial charge in [0.15, 0.2) is 5.82 Å². The Hall–Kier alpha value is -1.63. The van der Waals surface area contributed by atoms with Gasteiger partial charge in [0, 0.05) is 71.1 Å². The monoisotopic (exact) mass is 586 g/mol. The Labute approximate surface area is 232 Å². The molecule has 0 aliphatic carbocycles. The smallest absolute Gasteiger partial charge is 0.377 e. The van der Waals surface area contributed by atoms with Crippen molar-refractivity contribution < 1.29 is 31.4 Å². The van der Waals surface area contributed by atoms with Gasteiger partial charge in [0.1, 0.15) is 0 Å². The average molecular weight is 587 g/mol. The van der Waals surface area contributed by atoms with E-state index in [4.69, 9.17) is 26.6 Å². The number of nitrogens with zero attached hydrogens (tertiary/aromatic N) is 3. The van der Waals surface area contributed by atoms with Gasteiger partial charge in [-0.05, 0) is 33.6 Å². The van der Waals surface area contributed by atoms with Gasteiger partial charge in [-0.3, -0.25) is 0 Å². The maximum atomic E-state index is 13.1. The van der Waals surface area contributed by atoms with E-state index >= 15 is 0 Å². The summed E-state index contributed by atoms with van der Waals surface area (Å²) in [5.41, 5.74) is 0.807. The minimum Gasteiger partial charge on any atom is -0.377 e. The molecule has 1 heterocycles. The SMILES string of the molecule is CCO[Si](CCCNC(=O)n1nc(SCCC[Si](OC)(OC)OC)nc1-c1ccccc1)(OCC)OCC. The zero-order valence-electron chi connectivity index (χ0n) is 23.4. The molecular weight excluding hydrogens is 545 g/mol. The molecule has 2 aromatic rings. The van der Waals surface area contributed by atoms with E-state index in [1.807, 2.05) is 51.1 Å². The average Bonchev–Trinajstić information content (AvgIpc) is 3.37. The van der Waals surface area contributed by atoms with Crippen LogP contribution in [0.4, 0.5) is 4.79 Å². The van der Waals surface area contributed by atoms with Gasteiger partial charge in [0.05, 0.1) is 0 Å². The first kappa shape index (κ1) is 32.6. The molecule has 0 aliphatic heterocycles. The van der Waals surface area contributed by atoms with Crippen molar-refractivity contribution in [2.75, 3.05) is 53.4 Å². The van der Waals surface area contributed by atoms with Crippen LogP contribution in [0.3, 0.4) is 0 Å². The molecule has 0 saturated carbocycles. The lowest BCUT2D eigenvalue weighted by molar-refractivity contribution is 0.0708. The Morgan fingerprint density at radius 2 is 1.47 bits per heavy atom. The van der Waals surface area contributed by atoms with E-state index in [1.54, 1.807) is 21.3 Å². The zero-order valence-corrected chi connectivity index (χ0v) is 26.2. The molecule has 1 aromatic heterocycles. The van der Waals surface area contributed by atoms with Crippen LogP contribution < -0.4 is 5.32 Å². The number of benzene rings is 1. The van der Waals surface area contributed by atoms with Gasteiger partial charge < -0.3 is 31.9 Å². The first-order valence-corrected chi connectivity index (χ1v) is 17.8. The third-order valence-electron chi connectivity index (χ3n) is 5.63. The Kier molecular flexibility index (Phi) is 14.7. The highest BCUT2D eigenvalue weighted by Crippen LogP contribution is 2.24. The van der Waals surface area contributed by atoms with Crippen molar-refractivity contribution in [3.8, 4) is 11.4 Å². The first-order valence-electron chi connectivity index (χ1n) is 12.9. The number of hydrogen-bond acceptors (Lipinski definition) is 10. The van der Waals surface area contributed by atoms with Crippen LogP contribution in [-0.2, 0) is 26.6 Å². The number of nitrogens with one attached hydrogen (secondary N) is 1. The summed E-state index contributed by atoms with van der Waals surface area (Å²) in [6, 6.07) is 10.5. The molecule has 1 aromatic carbocycles. The number of carbonyl (C=O) groups excluding carboxylic acids is 1. The van der Waals surface area contributed by atoms with E-state index in [0.717, 1.165) is 17.7 Å². The predicted octanol–water partition coefficient (Wildman–Crippen LogP) is 4.30. The van der Waals surface area contributed by atoms with Crippen molar-refractivity contribution >= 4 is 35.4 Å². The molecule has 2 rings (SSSR count). The van der Waals surface area contributed by atoms with Crippen LogP contribution in [-0.4, -0.2) is 91.9 Å². The lowest BCUT2D eigenvalue weighted by Gasteiger charge is -2.28. The van der Waals surface area contributed by atoms with Crippen LogP contribution in [0, 0.1) is 0 Å². The molecule has 1 amide bonds. The second kappa shape index (κ2) is 17.1. The fourth-order valence-electron chi connectivity index (χ4n) is 3.85. The van der Waals surface area contributed by atoms with Crippen LogP contribution in [0.25, 0.3) is 11.4 Å². The van der Waals surface area contributed by atoms with E-state index < -0.39 is 17.6 Å². The van der Waals surface area contributed by atoms with Crippen molar-refractivity contribution in [2.45, 2.75) is 50.9 Å². The number of carbonyl (C=O) groups is 1. The van der Waals surface area contributed by atoms with Gasteiger partial charge in [0.25, 0.3) is 0 Å². The molecule has 38 heavy (non-hydrogen) atoms. The largest absolute Gasteiger partial charge is 0.500 e. The van der Waals surface area contributed by atoms with Crippen molar-refractivity contribution in [1.29, 1.82) is 0 Å². The Morgan fingerprint density at radius 3 is 2.03 bits per heavy atom. The highest BCUT2D eigenvalue weighted by atomic mass is 32.2. The van der Waals surface area contributed by atoms with Gasteiger partial charge in [-0.2, -0.15) is 4.68 Å². The molecule has 11 nitrogen and oxygen atoms in total. The second-order valence-corrected chi connectivity index (χ2v) is 14.9. The van der Waals surface area contributed by atoms with Crippen LogP contribution in [0.5, 0.6) is 0 Å². The molecule has 0 radical (unpaired) electrons. The van der Waals surface area contributed by atoms with E-state index in [9.17, 15) is 4.79 Å². The normalized spacial score (nSPS) is 12.2. The van der Waals surface area contributed by atoms with Crippen LogP contribution >= 0.6 is 11.8 Å². The van der Waals surface area contributed by atoms with Gasteiger partial charge in [0.2, 0.25) is 5.16 Å². The number of rotatable bonds is 19. The summed E-state index contributed by atoms with van der Waals surface area (Å²) < 4.78 is 35.5. The van der Waals surface area contributed by atoms with Crippen molar-refractivity contribution in [3.05, 3.63) is 30.3 Å². The Bertz CT molecular complexity index is 926. The van der Waals surface area contributed by atoms with Gasteiger partial charge in [-0.15, -0.1) is 5.10 Å². The summed E-state index contributed by atoms with van der Waals surface area (Å²) in [4.78, 5) is 17.8. The standard InChI is InChI=1S/C24H42N4O7SSi2/c1-7-33-38(34-8-2,35-9-3)19-13-17-25-24(29)28-22(21-15-11-10-12-16-21)26-23(27-28)36-18-14-20-37(30-4,31-5)32-6/h10-12,15-16H,7-9,13-14,17-20H2,1-6H3,(H,25,29). The summed E-state index contributed by atoms with van der Waals surface area (Å²) in [6.07, 6.45) is 1.44. The van der Waals surface area contributed by atoms with E-state index in [-0.39, 0.29) is 6.03 Å². The number of aromatic nitrogens is 3. The van der Waals surface area contributed by atoms with E-state index in [0.29, 0.717) is 55.9 Å². The summed E-state index contributed by atoms with van der Waals surface area (Å²) in [6.45, 7) is 7.77. The maximum absolute atomic E-state index is 13.1. The fraction of sp³-hybridized carbons (Fsp3) is 0.625. The minimum absolute atomic E-state index is 0.343. The lowest BCUT2D eigenvalue weighted by atomic mass is 10.2. The molecular formula is C24H42N4O7SSi2. The summed E-state index contributed by atoms with van der Waals surface area (Å²) in [5.74, 6) is 1.21. The van der Waals surface area contributed by atoms with Crippen LogP contribution in [0.15, 0.2) is 35.5 Å². The van der Waals surface area contributed by atoms with E-state index in [1.165, 1.54) is 16.4 Å². The Balaban J connectivity index is 2.05. The number of amides is 1. The van der Waals surface area contributed by atoms with Crippen molar-refractivity contribution in [2.24, 2.45) is 0 Å². The molecule has 214 valence electrons.